The molecular formula is C16H33N3O. The topological polar surface area (TPSA) is 44.4 Å². The van der Waals surface area contributed by atoms with Crippen molar-refractivity contribution < 1.29 is 4.79 Å². The third-order valence-corrected chi connectivity index (χ3v) is 4.28. The number of hydrogen-bond donors (Lipinski definition) is 2. The summed E-state index contributed by atoms with van der Waals surface area (Å²) >= 11 is 0. The Labute approximate surface area is 124 Å². The summed E-state index contributed by atoms with van der Waals surface area (Å²) < 4.78 is 0. The molecule has 0 aromatic rings. The van der Waals surface area contributed by atoms with E-state index < -0.39 is 0 Å². The first kappa shape index (κ1) is 17.4. The summed E-state index contributed by atoms with van der Waals surface area (Å²) in [5.74, 6) is 1.60. The van der Waals surface area contributed by atoms with E-state index in [-0.39, 0.29) is 5.91 Å². The molecule has 0 spiro atoms. The molecule has 20 heavy (non-hydrogen) atoms. The maximum atomic E-state index is 11.8. The van der Waals surface area contributed by atoms with Crippen LogP contribution in [0.5, 0.6) is 0 Å². The highest BCUT2D eigenvalue weighted by molar-refractivity contribution is 5.77. The fraction of sp³-hybridized carbons (Fsp3) is 0.938. The summed E-state index contributed by atoms with van der Waals surface area (Å²) in [5.41, 5.74) is 0. The van der Waals surface area contributed by atoms with E-state index in [1.165, 1.54) is 12.8 Å². The number of amides is 1. The van der Waals surface area contributed by atoms with Crippen molar-refractivity contribution in [1.29, 1.82) is 0 Å². The van der Waals surface area contributed by atoms with Gasteiger partial charge in [0, 0.05) is 12.6 Å². The standard InChI is InChI=1S/C16H33N3O/c1-5-17-14(4)15-7-10-19(11-8-15)12-16(20)18-9-6-13(2)3/h13-15,17H,5-12H2,1-4H3,(H,18,20). The second kappa shape index (κ2) is 9.35. The van der Waals surface area contributed by atoms with Gasteiger partial charge in [-0.3, -0.25) is 9.69 Å². The van der Waals surface area contributed by atoms with Gasteiger partial charge in [0.15, 0.2) is 0 Å². The minimum Gasteiger partial charge on any atom is -0.355 e. The van der Waals surface area contributed by atoms with E-state index in [0.29, 0.717) is 18.5 Å². The molecule has 1 rings (SSSR count). The van der Waals surface area contributed by atoms with Gasteiger partial charge in [0.25, 0.3) is 0 Å². The van der Waals surface area contributed by atoms with E-state index in [9.17, 15) is 4.79 Å². The lowest BCUT2D eigenvalue weighted by molar-refractivity contribution is -0.122. The van der Waals surface area contributed by atoms with Crippen LogP contribution in [0.2, 0.25) is 0 Å². The molecule has 1 saturated heterocycles. The van der Waals surface area contributed by atoms with E-state index in [1.54, 1.807) is 0 Å². The molecule has 0 saturated carbocycles. The first-order valence-electron chi connectivity index (χ1n) is 8.25. The number of piperidine rings is 1. The Kier molecular flexibility index (Phi) is 8.15. The van der Waals surface area contributed by atoms with Crippen LogP contribution in [-0.4, -0.2) is 49.6 Å². The smallest absolute Gasteiger partial charge is 0.234 e. The molecule has 1 amide bonds. The molecule has 0 bridgehead atoms. The Hall–Kier alpha value is -0.610. The number of nitrogens with zero attached hydrogens (tertiary/aromatic N) is 1. The molecule has 0 aromatic heterocycles. The minimum absolute atomic E-state index is 0.184. The molecule has 1 fully saturated rings. The average Bonchev–Trinajstić information content (AvgIpc) is 2.39. The summed E-state index contributed by atoms with van der Waals surface area (Å²) in [5, 5.41) is 6.53. The maximum Gasteiger partial charge on any atom is 0.234 e. The van der Waals surface area contributed by atoms with Crippen LogP contribution in [0.3, 0.4) is 0 Å². The number of carbonyl (C=O) groups excluding carboxylic acids is 1. The van der Waals surface area contributed by atoms with E-state index >= 15 is 0 Å². The molecule has 0 aromatic carbocycles. The van der Waals surface area contributed by atoms with Crippen molar-refractivity contribution in [2.45, 2.75) is 53.0 Å². The summed E-state index contributed by atoms with van der Waals surface area (Å²) in [6.45, 7) is 13.3. The van der Waals surface area contributed by atoms with Gasteiger partial charge in [-0.05, 0) is 57.7 Å². The highest BCUT2D eigenvalue weighted by atomic mass is 16.2. The van der Waals surface area contributed by atoms with E-state index in [4.69, 9.17) is 0 Å². The second-order valence-corrected chi connectivity index (χ2v) is 6.49. The zero-order valence-corrected chi connectivity index (χ0v) is 13.7. The normalized spacial score (nSPS) is 19.2. The Morgan fingerprint density at radius 2 is 1.90 bits per heavy atom. The summed E-state index contributed by atoms with van der Waals surface area (Å²) in [6, 6.07) is 0.599. The van der Waals surface area contributed by atoms with Crippen molar-refractivity contribution in [3.63, 3.8) is 0 Å². The van der Waals surface area contributed by atoms with Crippen molar-refractivity contribution in [2.24, 2.45) is 11.8 Å². The van der Waals surface area contributed by atoms with Crippen molar-refractivity contribution >= 4 is 5.91 Å². The van der Waals surface area contributed by atoms with Gasteiger partial charge < -0.3 is 10.6 Å². The molecule has 2 N–H and O–H groups in total. The van der Waals surface area contributed by atoms with Crippen LogP contribution in [0.1, 0.15) is 47.0 Å². The predicted octanol–water partition coefficient (Wildman–Crippen LogP) is 1.86. The number of carbonyl (C=O) groups is 1. The predicted molar refractivity (Wildman–Crippen MR) is 84.8 cm³/mol. The highest BCUT2D eigenvalue weighted by Gasteiger charge is 2.24. The average molecular weight is 283 g/mol. The van der Waals surface area contributed by atoms with Gasteiger partial charge in [-0.15, -0.1) is 0 Å². The van der Waals surface area contributed by atoms with Crippen LogP contribution in [0.4, 0.5) is 0 Å². The van der Waals surface area contributed by atoms with Crippen LogP contribution in [0.25, 0.3) is 0 Å². The molecule has 0 aliphatic carbocycles. The van der Waals surface area contributed by atoms with Crippen LogP contribution in [0, 0.1) is 11.8 Å². The minimum atomic E-state index is 0.184. The van der Waals surface area contributed by atoms with Crippen molar-refractivity contribution in [1.82, 2.24) is 15.5 Å². The molecule has 0 radical (unpaired) electrons. The quantitative estimate of drug-likeness (QED) is 0.714. The van der Waals surface area contributed by atoms with Crippen molar-refractivity contribution in [3.8, 4) is 0 Å². The van der Waals surface area contributed by atoms with E-state index in [2.05, 4.69) is 43.2 Å². The fourth-order valence-corrected chi connectivity index (χ4v) is 2.86. The van der Waals surface area contributed by atoms with Crippen LogP contribution in [-0.2, 0) is 4.79 Å². The fourth-order valence-electron chi connectivity index (χ4n) is 2.86. The van der Waals surface area contributed by atoms with Gasteiger partial charge in [0.2, 0.25) is 5.91 Å². The summed E-state index contributed by atoms with van der Waals surface area (Å²) in [6.07, 6.45) is 3.47. The first-order chi connectivity index (χ1) is 9.52. The van der Waals surface area contributed by atoms with Gasteiger partial charge in [-0.25, -0.2) is 0 Å². The molecule has 1 unspecified atom stereocenters. The Bertz CT molecular complexity index is 273. The molecule has 1 atom stereocenters. The Morgan fingerprint density at radius 3 is 2.45 bits per heavy atom. The van der Waals surface area contributed by atoms with Gasteiger partial charge in [-0.1, -0.05) is 20.8 Å². The zero-order valence-electron chi connectivity index (χ0n) is 13.7. The molecular weight excluding hydrogens is 250 g/mol. The third kappa shape index (κ3) is 6.71. The van der Waals surface area contributed by atoms with Gasteiger partial charge >= 0.3 is 0 Å². The molecule has 1 aliphatic rings. The highest BCUT2D eigenvalue weighted by Crippen LogP contribution is 2.20. The summed E-state index contributed by atoms with van der Waals surface area (Å²) in [7, 11) is 0. The monoisotopic (exact) mass is 283 g/mol. The number of rotatable bonds is 8. The largest absolute Gasteiger partial charge is 0.355 e. The molecule has 4 nitrogen and oxygen atoms in total. The molecule has 1 heterocycles. The van der Waals surface area contributed by atoms with E-state index in [0.717, 1.165) is 38.5 Å². The lowest BCUT2D eigenvalue weighted by Gasteiger charge is -2.34. The van der Waals surface area contributed by atoms with E-state index in [1.807, 2.05) is 0 Å². The molecule has 4 heteroatoms. The first-order valence-corrected chi connectivity index (χ1v) is 8.25. The van der Waals surface area contributed by atoms with Gasteiger partial charge in [0.1, 0.15) is 0 Å². The van der Waals surface area contributed by atoms with Gasteiger partial charge in [-0.2, -0.15) is 0 Å². The number of nitrogens with one attached hydrogen (secondary N) is 2. The zero-order chi connectivity index (χ0) is 15.0. The number of likely N-dealkylation sites (tertiary alicyclic amines) is 1. The third-order valence-electron chi connectivity index (χ3n) is 4.28. The van der Waals surface area contributed by atoms with Gasteiger partial charge in [0.05, 0.1) is 6.54 Å². The number of hydrogen-bond acceptors (Lipinski definition) is 3. The van der Waals surface area contributed by atoms with Crippen LogP contribution in [0.15, 0.2) is 0 Å². The summed E-state index contributed by atoms with van der Waals surface area (Å²) in [4.78, 5) is 14.1. The van der Waals surface area contributed by atoms with Crippen molar-refractivity contribution in [2.75, 3.05) is 32.7 Å². The SMILES string of the molecule is CCNC(C)C1CCN(CC(=O)NCCC(C)C)CC1. The Balaban J connectivity index is 2.17. The second-order valence-electron chi connectivity index (χ2n) is 6.49. The molecule has 118 valence electrons. The van der Waals surface area contributed by atoms with Crippen molar-refractivity contribution in [3.05, 3.63) is 0 Å². The molecule has 1 aliphatic heterocycles. The Morgan fingerprint density at radius 1 is 1.25 bits per heavy atom. The lowest BCUT2D eigenvalue weighted by Crippen LogP contribution is -2.45. The lowest BCUT2D eigenvalue weighted by atomic mass is 9.90. The maximum absolute atomic E-state index is 11.8. The van der Waals surface area contributed by atoms with Crippen LogP contribution < -0.4 is 10.6 Å². The van der Waals surface area contributed by atoms with Crippen LogP contribution >= 0.6 is 0 Å².